The third kappa shape index (κ3) is 3.73. The number of hydrogen-bond acceptors (Lipinski definition) is 2. The van der Waals surface area contributed by atoms with Gasteiger partial charge in [0.1, 0.15) is 5.75 Å². The maximum absolute atomic E-state index is 10.0. The molecule has 0 radical (unpaired) electrons. The summed E-state index contributed by atoms with van der Waals surface area (Å²) >= 11 is 0. The van der Waals surface area contributed by atoms with Gasteiger partial charge in [0.15, 0.2) is 0 Å². The van der Waals surface area contributed by atoms with Gasteiger partial charge in [-0.05, 0) is 38.7 Å². The summed E-state index contributed by atoms with van der Waals surface area (Å²) in [6, 6.07) is 6.65. The highest BCUT2D eigenvalue weighted by atomic mass is 16.3. The monoisotopic (exact) mass is 261 g/mol. The van der Waals surface area contributed by atoms with E-state index < -0.39 is 0 Å². The number of phenolic OH excluding ortho intramolecular Hbond substituents is 1. The van der Waals surface area contributed by atoms with Crippen molar-refractivity contribution in [1.82, 2.24) is 5.32 Å². The molecule has 1 aromatic carbocycles. The number of nitrogens with one attached hydrogen (secondary N) is 1. The molecule has 0 aromatic heterocycles. The average molecular weight is 261 g/mol. The number of aryl methyl sites for hydroxylation is 1. The lowest BCUT2D eigenvalue weighted by atomic mass is 9.95. The van der Waals surface area contributed by atoms with Crippen LogP contribution in [0.15, 0.2) is 18.2 Å². The highest BCUT2D eigenvalue weighted by Gasteiger charge is 2.22. The fourth-order valence-electron chi connectivity index (χ4n) is 3.17. The van der Waals surface area contributed by atoms with Crippen molar-refractivity contribution in [3.63, 3.8) is 0 Å². The Kier molecular flexibility index (Phi) is 4.87. The van der Waals surface area contributed by atoms with Crippen LogP contribution in [0.2, 0.25) is 0 Å². The second-order valence-electron chi connectivity index (χ2n) is 6.17. The van der Waals surface area contributed by atoms with E-state index in [1.165, 1.54) is 37.7 Å². The Hall–Kier alpha value is -1.02. The van der Waals surface area contributed by atoms with Crippen molar-refractivity contribution in [3.05, 3.63) is 29.3 Å². The van der Waals surface area contributed by atoms with Crippen molar-refractivity contribution in [2.75, 3.05) is 0 Å². The third-order valence-corrected chi connectivity index (χ3v) is 4.48. The molecule has 1 aliphatic carbocycles. The Morgan fingerprint density at radius 1 is 1.21 bits per heavy atom. The standard InChI is InChI=1S/C17H27NO/c1-12-9-10-17(19)15(11-12)14(3)18-16-8-6-4-5-7-13(16)2/h9-11,13-14,16,18-19H,4-8H2,1-3H3. The molecule has 1 aliphatic rings. The SMILES string of the molecule is Cc1ccc(O)c(C(C)NC2CCCCCC2C)c1. The van der Waals surface area contributed by atoms with Gasteiger partial charge in [-0.25, -0.2) is 0 Å². The first-order valence-corrected chi connectivity index (χ1v) is 7.63. The molecule has 0 amide bonds. The smallest absolute Gasteiger partial charge is 0.120 e. The van der Waals surface area contributed by atoms with Gasteiger partial charge in [-0.3, -0.25) is 0 Å². The molecule has 19 heavy (non-hydrogen) atoms. The fraction of sp³-hybridized carbons (Fsp3) is 0.647. The summed E-state index contributed by atoms with van der Waals surface area (Å²) in [6.07, 6.45) is 6.65. The molecule has 3 unspecified atom stereocenters. The normalized spacial score (nSPS) is 25.8. The maximum Gasteiger partial charge on any atom is 0.120 e. The molecule has 0 saturated heterocycles. The van der Waals surface area contributed by atoms with Gasteiger partial charge in [0.25, 0.3) is 0 Å². The summed E-state index contributed by atoms with van der Waals surface area (Å²) in [5, 5.41) is 13.7. The van der Waals surface area contributed by atoms with Crippen molar-refractivity contribution < 1.29 is 5.11 Å². The van der Waals surface area contributed by atoms with Crippen LogP contribution in [0.25, 0.3) is 0 Å². The van der Waals surface area contributed by atoms with E-state index in [-0.39, 0.29) is 6.04 Å². The van der Waals surface area contributed by atoms with Crippen LogP contribution in [0.4, 0.5) is 0 Å². The summed E-state index contributed by atoms with van der Waals surface area (Å²) in [4.78, 5) is 0. The van der Waals surface area contributed by atoms with Crippen LogP contribution < -0.4 is 5.32 Å². The summed E-state index contributed by atoms with van der Waals surface area (Å²) in [5.74, 6) is 1.14. The third-order valence-electron chi connectivity index (χ3n) is 4.48. The molecule has 0 heterocycles. The van der Waals surface area contributed by atoms with Gasteiger partial charge in [0.05, 0.1) is 0 Å². The Morgan fingerprint density at radius 3 is 2.74 bits per heavy atom. The average Bonchev–Trinajstić information content (AvgIpc) is 2.58. The van der Waals surface area contributed by atoms with Gasteiger partial charge in [0, 0.05) is 17.6 Å². The van der Waals surface area contributed by atoms with Gasteiger partial charge < -0.3 is 10.4 Å². The van der Waals surface area contributed by atoms with Crippen LogP contribution in [0.1, 0.15) is 63.1 Å². The minimum Gasteiger partial charge on any atom is -0.508 e. The molecule has 2 N–H and O–H groups in total. The van der Waals surface area contributed by atoms with E-state index in [4.69, 9.17) is 0 Å². The summed E-state index contributed by atoms with van der Waals surface area (Å²) < 4.78 is 0. The number of phenols is 1. The lowest BCUT2D eigenvalue weighted by Gasteiger charge is -2.27. The lowest BCUT2D eigenvalue weighted by molar-refractivity contribution is 0.326. The molecular formula is C17H27NO. The van der Waals surface area contributed by atoms with Crippen molar-refractivity contribution in [1.29, 1.82) is 0 Å². The predicted octanol–water partition coefficient (Wildman–Crippen LogP) is 4.32. The van der Waals surface area contributed by atoms with E-state index in [1.54, 1.807) is 6.07 Å². The second-order valence-corrected chi connectivity index (χ2v) is 6.17. The van der Waals surface area contributed by atoms with Crippen LogP contribution in [0.3, 0.4) is 0 Å². The van der Waals surface area contributed by atoms with E-state index in [1.807, 2.05) is 6.07 Å². The number of rotatable bonds is 3. The van der Waals surface area contributed by atoms with Gasteiger partial charge in [0.2, 0.25) is 0 Å². The highest BCUT2D eigenvalue weighted by Crippen LogP contribution is 2.29. The maximum atomic E-state index is 10.0. The van der Waals surface area contributed by atoms with E-state index in [9.17, 15) is 5.11 Å². The van der Waals surface area contributed by atoms with Crippen LogP contribution >= 0.6 is 0 Å². The molecule has 1 aromatic rings. The quantitative estimate of drug-likeness (QED) is 0.794. The van der Waals surface area contributed by atoms with Crippen LogP contribution in [0.5, 0.6) is 5.75 Å². The molecule has 1 fully saturated rings. The molecule has 0 aliphatic heterocycles. The Morgan fingerprint density at radius 2 is 1.95 bits per heavy atom. The molecule has 2 nitrogen and oxygen atoms in total. The first kappa shape index (κ1) is 14.4. The molecule has 2 heteroatoms. The van der Waals surface area contributed by atoms with Crippen molar-refractivity contribution in [2.45, 2.75) is 65.0 Å². The molecular weight excluding hydrogens is 234 g/mol. The van der Waals surface area contributed by atoms with E-state index >= 15 is 0 Å². The zero-order valence-corrected chi connectivity index (χ0v) is 12.4. The molecule has 0 spiro atoms. The first-order valence-electron chi connectivity index (χ1n) is 7.63. The Bertz CT molecular complexity index is 416. The molecule has 0 bridgehead atoms. The minimum absolute atomic E-state index is 0.213. The van der Waals surface area contributed by atoms with E-state index in [0.717, 1.165) is 11.5 Å². The van der Waals surface area contributed by atoms with Crippen LogP contribution in [0, 0.1) is 12.8 Å². The zero-order chi connectivity index (χ0) is 13.8. The largest absolute Gasteiger partial charge is 0.508 e. The van der Waals surface area contributed by atoms with E-state index in [0.29, 0.717) is 11.8 Å². The number of aromatic hydroxyl groups is 1. The van der Waals surface area contributed by atoms with Gasteiger partial charge >= 0.3 is 0 Å². The summed E-state index contributed by atoms with van der Waals surface area (Å²) in [5.41, 5.74) is 2.23. The number of hydrogen-bond donors (Lipinski definition) is 2. The summed E-state index contributed by atoms with van der Waals surface area (Å²) in [7, 11) is 0. The first-order chi connectivity index (χ1) is 9.08. The van der Waals surface area contributed by atoms with E-state index in [2.05, 4.69) is 32.2 Å². The zero-order valence-electron chi connectivity index (χ0n) is 12.4. The fourth-order valence-corrected chi connectivity index (χ4v) is 3.17. The molecule has 3 atom stereocenters. The van der Waals surface area contributed by atoms with Crippen LogP contribution in [-0.2, 0) is 0 Å². The van der Waals surface area contributed by atoms with Crippen molar-refractivity contribution >= 4 is 0 Å². The Labute approximate surface area is 117 Å². The molecule has 2 rings (SSSR count). The topological polar surface area (TPSA) is 32.3 Å². The number of benzene rings is 1. The van der Waals surface area contributed by atoms with Crippen LogP contribution in [-0.4, -0.2) is 11.1 Å². The molecule has 106 valence electrons. The lowest BCUT2D eigenvalue weighted by Crippen LogP contribution is -2.36. The van der Waals surface area contributed by atoms with Gasteiger partial charge in [-0.15, -0.1) is 0 Å². The summed E-state index contributed by atoms with van der Waals surface area (Å²) in [6.45, 7) is 6.59. The Balaban J connectivity index is 2.06. The second kappa shape index (κ2) is 6.42. The highest BCUT2D eigenvalue weighted by molar-refractivity contribution is 5.37. The molecule has 1 saturated carbocycles. The minimum atomic E-state index is 0.213. The van der Waals surface area contributed by atoms with Crippen molar-refractivity contribution in [2.24, 2.45) is 5.92 Å². The van der Waals surface area contributed by atoms with Gasteiger partial charge in [-0.1, -0.05) is 43.9 Å². The van der Waals surface area contributed by atoms with Crippen molar-refractivity contribution in [3.8, 4) is 5.75 Å². The predicted molar refractivity (Wildman–Crippen MR) is 80.4 cm³/mol. The van der Waals surface area contributed by atoms with Gasteiger partial charge in [-0.2, -0.15) is 0 Å².